The number of hydrogen-bond donors (Lipinski definition) is 1. The summed E-state index contributed by atoms with van der Waals surface area (Å²) >= 11 is 5.67. The average Bonchev–Trinajstić information content (AvgIpc) is 1.27. The summed E-state index contributed by atoms with van der Waals surface area (Å²) in [7, 11) is -1.14. The van der Waals surface area contributed by atoms with E-state index in [2.05, 4.69) is 19.6 Å². The molecule has 1 nitrogen and oxygen atoms in total. The van der Waals surface area contributed by atoms with E-state index in [9.17, 15) is 0 Å². The third-order valence-corrected chi connectivity index (χ3v) is 0. The molecule has 0 aromatic carbocycles. The quantitative estimate of drug-likeness (QED) is 0.419. The molecule has 0 aliphatic heterocycles. The molecule has 0 saturated heterocycles. The van der Waals surface area contributed by atoms with Crippen molar-refractivity contribution < 1.29 is 5.11 Å². The second-order valence-corrected chi connectivity index (χ2v) is 9.92. The predicted octanol–water partition coefficient (Wildman–Crippen LogP) is 2.06. The Balaban J connectivity index is 0. The van der Waals surface area contributed by atoms with E-state index in [-0.39, 0.29) is 6.61 Å². The second kappa shape index (κ2) is 5.60. The number of aliphatic hydroxyl groups excluding tert-OH is 1. The molecular formula is C5H15ClOSi. The predicted molar refractivity (Wildman–Crippen MR) is 42.0 cm³/mol. The van der Waals surface area contributed by atoms with Crippen molar-refractivity contribution in [1.82, 2.24) is 0 Å². The molecule has 0 bridgehead atoms. The first-order valence-corrected chi connectivity index (χ1v) is 7.22. The molecule has 3 heteroatoms. The van der Waals surface area contributed by atoms with Gasteiger partial charge in [-0.2, -0.15) is 11.1 Å². The molecule has 0 spiro atoms. The standard InChI is InChI=1S/C3H9ClSi.C2H6O/c1-5(2,3)4;1-2-3/h1-3H3;3H,2H2,1H3. The first-order valence-electron chi connectivity index (χ1n) is 2.71. The van der Waals surface area contributed by atoms with Crippen LogP contribution < -0.4 is 0 Å². The molecule has 0 heterocycles. The fourth-order valence-corrected chi connectivity index (χ4v) is 0. The van der Waals surface area contributed by atoms with Crippen LogP contribution in [0.2, 0.25) is 19.6 Å². The van der Waals surface area contributed by atoms with Crippen molar-refractivity contribution in [2.45, 2.75) is 26.6 Å². The first kappa shape index (κ1) is 11.3. The highest BCUT2D eigenvalue weighted by molar-refractivity contribution is 7.18. The SMILES string of the molecule is CCO.C[Si](C)(C)Cl. The smallest absolute Gasteiger partial charge is 0.147 e. The Labute approximate surface area is 57.4 Å². The van der Waals surface area contributed by atoms with E-state index in [1.54, 1.807) is 6.92 Å². The molecule has 0 aliphatic rings. The molecule has 52 valence electrons. The molecule has 8 heavy (non-hydrogen) atoms. The fourth-order valence-electron chi connectivity index (χ4n) is 0. The number of hydrogen-bond acceptors (Lipinski definition) is 1. The maximum absolute atomic E-state index is 7.57. The molecule has 0 fully saturated rings. The Hall–Kier alpha value is 0.467. The van der Waals surface area contributed by atoms with Gasteiger partial charge >= 0.3 is 0 Å². The molecule has 0 amide bonds. The number of aliphatic hydroxyl groups is 1. The zero-order chi connectivity index (χ0) is 7.21. The lowest BCUT2D eigenvalue weighted by Crippen LogP contribution is -2.06. The normalized spacial score (nSPS) is 9.75. The van der Waals surface area contributed by atoms with Gasteiger partial charge in [-0.1, -0.05) is 19.6 Å². The van der Waals surface area contributed by atoms with Gasteiger partial charge in [-0.15, -0.1) is 0 Å². The summed E-state index contributed by atoms with van der Waals surface area (Å²) in [5.74, 6) is 0. The van der Waals surface area contributed by atoms with Crippen LogP contribution in [0.25, 0.3) is 0 Å². The van der Waals surface area contributed by atoms with Crippen LogP contribution in [-0.4, -0.2) is 19.1 Å². The van der Waals surface area contributed by atoms with Crippen LogP contribution in [0, 0.1) is 0 Å². The van der Waals surface area contributed by atoms with Crippen LogP contribution in [0.5, 0.6) is 0 Å². The summed E-state index contributed by atoms with van der Waals surface area (Å²) in [5, 5.41) is 7.57. The Morgan fingerprint density at radius 2 is 1.38 bits per heavy atom. The lowest BCUT2D eigenvalue weighted by atomic mass is 10.9. The molecule has 0 aromatic rings. The monoisotopic (exact) mass is 154 g/mol. The van der Waals surface area contributed by atoms with Gasteiger partial charge in [0.1, 0.15) is 7.38 Å². The summed E-state index contributed by atoms with van der Waals surface area (Å²) in [6.07, 6.45) is 0. The highest BCUT2D eigenvalue weighted by Crippen LogP contribution is 2.03. The van der Waals surface area contributed by atoms with Crippen molar-refractivity contribution in [1.29, 1.82) is 0 Å². The molecule has 0 rings (SSSR count). The Bertz CT molecular complexity index is 36.2. The van der Waals surface area contributed by atoms with Crippen molar-refractivity contribution in [3.05, 3.63) is 0 Å². The summed E-state index contributed by atoms with van der Waals surface area (Å²) in [4.78, 5) is 0. The van der Waals surface area contributed by atoms with Gasteiger partial charge in [0.2, 0.25) is 0 Å². The Kier molecular flexibility index (Phi) is 7.90. The van der Waals surface area contributed by atoms with Gasteiger partial charge in [0.05, 0.1) is 0 Å². The zero-order valence-electron chi connectivity index (χ0n) is 6.03. The zero-order valence-corrected chi connectivity index (χ0v) is 7.79. The van der Waals surface area contributed by atoms with E-state index >= 15 is 0 Å². The van der Waals surface area contributed by atoms with Crippen molar-refractivity contribution in [3.8, 4) is 0 Å². The maximum Gasteiger partial charge on any atom is 0.147 e. The highest BCUT2D eigenvalue weighted by atomic mass is 35.6. The average molecular weight is 155 g/mol. The van der Waals surface area contributed by atoms with Crippen LogP contribution >= 0.6 is 11.1 Å². The second-order valence-electron chi connectivity index (χ2n) is 2.38. The lowest BCUT2D eigenvalue weighted by Gasteiger charge is -1.97. The van der Waals surface area contributed by atoms with Crippen LogP contribution in [0.3, 0.4) is 0 Å². The van der Waals surface area contributed by atoms with Gasteiger partial charge in [-0.3, -0.25) is 0 Å². The van der Waals surface area contributed by atoms with Gasteiger partial charge in [0, 0.05) is 6.61 Å². The summed E-state index contributed by atoms with van der Waals surface area (Å²) in [6, 6.07) is 0. The Morgan fingerprint density at radius 1 is 1.38 bits per heavy atom. The summed E-state index contributed by atoms with van der Waals surface area (Å²) in [6.45, 7) is 8.21. The Morgan fingerprint density at radius 3 is 1.38 bits per heavy atom. The van der Waals surface area contributed by atoms with E-state index in [4.69, 9.17) is 16.2 Å². The number of halogens is 1. The molecule has 0 aliphatic carbocycles. The van der Waals surface area contributed by atoms with Gasteiger partial charge in [0.15, 0.2) is 0 Å². The molecular weight excluding hydrogens is 140 g/mol. The van der Waals surface area contributed by atoms with Crippen LogP contribution in [0.4, 0.5) is 0 Å². The van der Waals surface area contributed by atoms with Crippen molar-refractivity contribution >= 4 is 18.5 Å². The third-order valence-electron chi connectivity index (χ3n) is 0. The maximum atomic E-state index is 7.57. The summed E-state index contributed by atoms with van der Waals surface area (Å²) < 4.78 is 0. The molecule has 1 N–H and O–H groups in total. The van der Waals surface area contributed by atoms with Gasteiger partial charge in [0.25, 0.3) is 0 Å². The minimum atomic E-state index is -1.14. The van der Waals surface area contributed by atoms with Crippen molar-refractivity contribution in [2.24, 2.45) is 0 Å². The molecule has 0 unspecified atom stereocenters. The highest BCUT2D eigenvalue weighted by Gasteiger charge is 2.04. The van der Waals surface area contributed by atoms with E-state index in [0.29, 0.717) is 0 Å². The van der Waals surface area contributed by atoms with Gasteiger partial charge < -0.3 is 5.11 Å². The van der Waals surface area contributed by atoms with Crippen LogP contribution in [0.15, 0.2) is 0 Å². The van der Waals surface area contributed by atoms with Crippen LogP contribution in [0.1, 0.15) is 6.92 Å². The molecule has 0 atom stereocenters. The van der Waals surface area contributed by atoms with Crippen molar-refractivity contribution in [2.75, 3.05) is 6.61 Å². The van der Waals surface area contributed by atoms with E-state index in [1.165, 1.54) is 0 Å². The first-order chi connectivity index (χ1) is 3.41. The minimum Gasteiger partial charge on any atom is -0.397 e. The van der Waals surface area contributed by atoms with E-state index < -0.39 is 7.38 Å². The van der Waals surface area contributed by atoms with Crippen LogP contribution in [-0.2, 0) is 0 Å². The van der Waals surface area contributed by atoms with Gasteiger partial charge in [-0.25, -0.2) is 0 Å². The topological polar surface area (TPSA) is 20.2 Å². The van der Waals surface area contributed by atoms with E-state index in [0.717, 1.165) is 0 Å². The summed E-state index contributed by atoms with van der Waals surface area (Å²) in [5.41, 5.74) is 0. The molecule has 0 saturated carbocycles. The number of rotatable bonds is 0. The lowest BCUT2D eigenvalue weighted by molar-refractivity contribution is 0.318. The van der Waals surface area contributed by atoms with Gasteiger partial charge in [-0.05, 0) is 6.92 Å². The largest absolute Gasteiger partial charge is 0.397 e. The minimum absolute atomic E-state index is 0.250. The molecule has 0 aromatic heterocycles. The third kappa shape index (κ3) is 887. The fraction of sp³-hybridized carbons (Fsp3) is 1.00. The van der Waals surface area contributed by atoms with Crippen molar-refractivity contribution in [3.63, 3.8) is 0 Å². The molecule has 0 radical (unpaired) electrons. The van der Waals surface area contributed by atoms with E-state index in [1.807, 2.05) is 0 Å².